The Bertz CT molecular complexity index is 894. The van der Waals surface area contributed by atoms with E-state index in [9.17, 15) is 0 Å². The highest BCUT2D eigenvalue weighted by Crippen LogP contribution is 2.38. The molecular formula is C21H22N2O. The summed E-state index contributed by atoms with van der Waals surface area (Å²) in [6.07, 6.45) is 10.5. The molecule has 0 aliphatic heterocycles. The SMILES string of the molecule is CC1C=CCC(c2cc(-c3ccnc(CN)c3)c3occc3c2)C1. The summed E-state index contributed by atoms with van der Waals surface area (Å²) in [5.74, 6) is 1.20. The van der Waals surface area contributed by atoms with Crippen LogP contribution in [0.5, 0.6) is 0 Å². The number of nitrogens with two attached hydrogens (primary N) is 1. The van der Waals surface area contributed by atoms with E-state index in [1.807, 2.05) is 12.3 Å². The number of furan rings is 1. The van der Waals surface area contributed by atoms with Gasteiger partial charge in [0.1, 0.15) is 5.58 Å². The van der Waals surface area contributed by atoms with Gasteiger partial charge in [-0.3, -0.25) is 4.98 Å². The molecule has 1 aromatic carbocycles. The normalized spacial score (nSPS) is 20.6. The lowest BCUT2D eigenvalue weighted by atomic mass is 9.82. The number of nitrogens with zero attached hydrogens (tertiary/aromatic N) is 1. The molecule has 4 rings (SSSR count). The van der Waals surface area contributed by atoms with Gasteiger partial charge >= 0.3 is 0 Å². The van der Waals surface area contributed by atoms with Crippen LogP contribution in [0, 0.1) is 5.92 Å². The Morgan fingerprint density at radius 3 is 3.00 bits per heavy atom. The second-order valence-electron chi connectivity index (χ2n) is 6.72. The first-order valence-corrected chi connectivity index (χ1v) is 8.58. The van der Waals surface area contributed by atoms with E-state index in [4.69, 9.17) is 10.2 Å². The molecule has 2 unspecified atom stereocenters. The Morgan fingerprint density at radius 2 is 2.17 bits per heavy atom. The number of pyridine rings is 1. The van der Waals surface area contributed by atoms with Gasteiger partial charge in [0, 0.05) is 23.7 Å². The maximum atomic E-state index is 5.77. The van der Waals surface area contributed by atoms with Gasteiger partial charge in [0.25, 0.3) is 0 Å². The third kappa shape index (κ3) is 2.76. The highest BCUT2D eigenvalue weighted by Gasteiger charge is 2.19. The first-order valence-electron chi connectivity index (χ1n) is 8.58. The number of benzene rings is 1. The molecule has 3 nitrogen and oxygen atoms in total. The fourth-order valence-corrected chi connectivity index (χ4v) is 3.68. The van der Waals surface area contributed by atoms with Crippen LogP contribution in [-0.4, -0.2) is 4.98 Å². The number of hydrogen-bond acceptors (Lipinski definition) is 3. The molecule has 2 N–H and O–H groups in total. The van der Waals surface area contributed by atoms with Gasteiger partial charge < -0.3 is 10.2 Å². The van der Waals surface area contributed by atoms with Gasteiger partial charge in [-0.15, -0.1) is 0 Å². The lowest BCUT2D eigenvalue weighted by molar-refractivity contribution is 0.515. The van der Waals surface area contributed by atoms with E-state index in [-0.39, 0.29) is 0 Å². The summed E-state index contributed by atoms with van der Waals surface area (Å²) in [4.78, 5) is 4.31. The molecule has 0 radical (unpaired) electrons. The smallest absolute Gasteiger partial charge is 0.141 e. The van der Waals surface area contributed by atoms with Crippen LogP contribution in [0.4, 0.5) is 0 Å². The summed E-state index contributed by atoms with van der Waals surface area (Å²) in [5.41, 5.74) is 11.2. The second kappa shape index (κ2) is 6.25. The molecule has 0 bridgehead atoms. The van der Waals surface area contributed by atoms with Crippen molar-refractivity contribution in [3.63, 3.8) is 0 Å². The van der Waals surface area contributed by atoms with Gasteiger partial charge in [-0.1, -0.05) is 19.1 Å². The van der Waals surface area contributed by atoms with Crippen molar-refractivity contribution >= 4 is 11.0 Å². The zero-order valence-corrected chi connectivity index (χ0v) is 13.9. The number of hydrogen-bond donors (Lipinski definition) is 1. The van der Waals surface area contributed by atoms with Crippen molar-refractivity contribution in [3.8, 4) is 11.1 Å². The third-order valence-corrected chi connectivity index (χ3v) is 4.92. The summed E-state index contributed by atoms with van der Waals surface area (Å²) in [6, 6.07) is 10.7. The second-order valence-corrected chi connectivity index (χ2v) is 6.72. The number of allylic oxidation sites excluding steroid dienone is 2. The van der Waals surface area contributed by atoms with E-state index in [1.165, 1.54) is 12.0 Å². The van der Waals surface area contributed by atoms with Gasteiger partial charge in [-0.25, -0.2) is 0 Å². The average Bonchev–Trinajstić information content (AvgIpc) is 3.09. The zero-order chi connectivity index (χ0) is 16.5. The summed E-state index contributed by atoms with van der Waals surface area (Å²) < 4.78 is 5.77. The third-order valence-electron chi connectivity index (χ3n) is 4.92. The molecule has 122 valence electrons. The molecule has 1 aliphatic rings. The maximum absolute atomic E-state index is 5.77. The first kappa shape index (κ1) is 15.2. The average molecular weight is 318 g/mol. The maximum Gasteiger partial charge on any atom is 0.141 e. The van der Waals surface area contributed by atoms with Crippen LogP contribution in [0.1, 0.15) is 36.9 Å². The van der Waals surface area contributed by atoms with E-state index >= 15 is 0 Å². The highest BCUT2D eigenvalue weighted by molar-refractivity contribution is 5.93. The van der Waals surface area contributed by atoms with Crippen LogP contribution in [0.3, 0.4) is 0 Å². The monoisotopic (exact) mass is 318 g/mol. The molecule has 0 fully saturated rings. The van der Waals surface area contributed by atoms with Crippen molar-refractivity contribution in [1.29, 1.82) is 0 Å². The molecule has 1 aliphatic carbocycles. The summed E-state index contributed by atoms with van der Waals surface area (Å²) in [7, 11) is 0. The highest BCUT2D eigenvalue weighted by atomic mass is 16.3. The molecule has 0 spiro atoms. The Kier molecular flexibility index (Phi) is 3.95. The van der Waals surface area contributed by atoms with Gasteiger partial charge in [-0.2, -0.15) is 0 Å². The van der Waals surface area contributed by atoms with Crippen LogP contribution in [0.2, 0.25) is 0 Å². The van der Waals surface area contributed by atoms with Gasteiger partial charge in [0.2, 0.25) is 0 Å². The Morgan fingerprint density at radius 1 is 1.25 bits per heavy atom. The van der Waals surface area contributed by atoms with Crippen LogP contribution in [0.15, 0.2) is 59.4 Å². The van der Waals surface area contributed by atoms with E-state index in [0.717, 1.165) is 34.2 Å². The minimum atomic E-state index is 0.444. The van der Waals surface area contributed by atoms with Crippen LogP contribution in [-0.2, 0) is 6.54 Å². The molecule has 2 aromatic heterocycles. The summed E-state index contributed by atoms with van der Waals surface area (Å²) >= 11 is 0. The zero-order valence-electron chi connectivity index (χ0n) is 13.9. The fourth-order valence-electron chi connectivity index (χ4n) is 3.68. The van der Waals surface area contributed by atoms with Crippen molar-refractivity contribution in [2.75, 3.05) is 0 Å². The fraction of sp³-hybridized carbons (Fsp3) is 0.286. The topological polar surface area (TPSA) is 52.0 Å². The van der Waals surface area contributed by atoms with Crippen molar-refractivity contribution in [2.24, 2.45) is 11.7 Å². The summed E-state index contributed by atoms with van der Waals surface area (Å²) in [5, 5.41) is 1.16. The molecule has 0 amide bonds. The molecular weight excluding hydrogens is 296 g/mol. The number of aromatic nitrogens is 1. The Labute approximate surface area is 142 Å². The predicted molar refractivity (Wildman–Crippen MR) is 97.6 cm³/mol. The Hall–Kier alpha value is -2.39. The van der Waals surface area contributed by atoms with Gasteiger partial charge in [0.15, 0.2) is 0 Å². The Balaban J connectivity index is 1.85. The van der Waals surface area contributed by atoms with Gasteiger partial charge in [-0.05, 0) is 66.1 Å². The summed E-state index contributed by atoms with van der Waals surface area (Å²) in [6.45, 7) is 2.73. The molecule has 2 atom stereocenters. The minimum Gasteiger partial charge on any atom is -0.464 e. The van der Waals surface area contributed by atoms with Crippen molar-refractivity contribution in [2.45, 2.75) is 32.2 Å². The van der Waals surface area contributed by atoms with Crippen LogP contribution in [0.25, 0.3) is 22.1 Å². The molecule has 2 heterocycles. The molecule has 0 saturated carbocycles. The quantitative estimate of drug-likeness (QED) is 0.690. The molecule has 3 aromatic rings. The van der Waals surface area contributed by atoms with Crippen LogP contribution >= 0.6 is 0 Å². The van der Waals surface area contributed by atoms with Crippen LogP contribution < -0.4 is 5.73 Å². The van der Waals surface area contributed by atoms with E-state index in [1.54, 1.807) is 6.26 Å². The van der Waals surface area contributed by atoms with E-state index < -0.39 is 0 Å². The largest absolute Gasteiger partial charge is 0.464 e. The number of rotatable bonds is 3. The predicted octanol–water partition coefficient (Wildman–Crippen LogP) is 5.02. The van der Waals surface area contributed by atoms with Crippen molar-refractivity contribution in [3.05, 3.63) is 66.2 Å². The lowest BCUT2D eigenvalue weighted by Crippen LogP contribution is -2.07. The van der Waals surface area contributed by atoms with Gasteiger partial charge in [0.05, 0.1) is 12.0 Å². The lowest BCUT2D eigenvalue weighted by Gasteiger charge is -2.23. The minimum absolute atomic E-state index is 0.444. The first-order chi connectivity index (χ1) is 11.7. The van der Waals surface area contributed by atoms with E-state index in [2.05, 4.69) is 48.3 Å². The molecule has 24 heavy (non-hydrogen) atoms. The van der Waals surface area contributed by atoms with Crippen molar-refractivity contribution < 1.29 is 4.42 Å². The molecule has 3 heteroatoms. The molecule has 0 saturated heterocycles. The standard InChI is InChI=1S/C21H22N2O/c1-14-3-2-4-15(9-14)18-10-17-6-8-24-21(17)20(12-18)16-5-7-23-19(11-16)13-22/h2-3,5-8,10-12,14-15H,4,9,13,22H2,1H3. The number of fused-ring (bicyclic) bond motifs is 1. The van der Waals surface area contributed by atoms with E-state index in [0.29, 0.717) is 18.4 Å². The van der Waals surface area contributed by atoms with Crippen molar-refractivity contribution in [1.82, 2.24) is 4.98 Å².